The fraction of sp³-hybridized carbons (Fsp3) is 0.350. The molecule has 0 heterocycles. The largest absolute Gasteiger partial charge is 0.497 e. The molecule has 5 nitrogen and oxygen atoms in total. The summed E-state index contributed by atoms with van der Waals surface area (Å²) in [6.45, 7) is 2.15. The quantitative estimate of drug-likeness (QED) is 0.256. The average molecular weight is 469 g/mol. The van der Waals surface area contributed by atoms with Gasteiger partial charge in [0.15, 0.2) is 5.96 Å². The minimum absolute atomic E-state index is 0. The summed E-state index contributed by atoms with van der Waals surface area (Å²) in [5, 5.41) is 6.57. The van der Waals surface area contributed by atoms with Crippen LogP contribution in [0.25, 0.3) is 0 Å². The van der Waals surface area contributed by atoms with Gasteiger partial charge < -0.3 is 20.1 Å². The van der Waals surface area contributed by atoms with Gasteiger partial charge in [-0.05, 0) is 42.7 Å². The van der Waals surface area contributed by atoms with E-state index in [1.807, 2.05) is 42.5 Å². The van der Waals surface area contributed by atoms with Gasteiger partial charge in [-0.2, -0.15) is 0 Å². The van der Waals surface area contributed by atoms with Gasteiger partial charge in [0.25, 0.3) is 0 Å². The van der Waals surface area contributed by atoms with E-state index in [2.05, 4.69) is 27.8 Å². The molecule has 6 heteroatoms. The number of aliphatic imine (C=N–C) groups is 1. The van der Waals surface area contributed by atoms with Crippen molar-refractivity contribution in [3.05, 3.63) is 60.2 Å². The Morgan fingerprint density at radius 1 is 0.962 bits per heavy atom. The van der Waals surface area contributed by atoms with Gasteiger partial charge in [-0.1, -0.05) is 30.3 Å². The number of nitrogens with one attached hydrogen (secondary N) is 2. The molecule has 2 aromatic carbocycles. The molecule has 26 heavy (non-hydrogen) atoms. The number of rotatable bonds is 9. The molecule has 0 radical (unpaired) electrons. The molecule has 0 aliphatic carbocycles. The smallest absolute Gasteiger partial charge is 0.191 e. The average Bonchev–Trinajstić information content (AvgIpc) is 2.67. The summed E-state index contributed by atoms with van der Waals surface area (Å²) in [6.07, 6.45) is 2.02. The van der Waals surface area contributed by atoms with E-state index in [0.717, 1.165) is 36.8 Å². The Kier molecular flexibility index (Phi) is 11.3. The van der Waals surface area contributed by atoms with E-state index in [-0.39, 0.29) is 24.0 Å². The van der Waals surface area contributed by atoms with Gasteiger partial charge in [0.05, 0.1) is 13.7 Å². The van der Waals surface area contributed by atoms with Crippen LogP contribution in [0.3, 0.4) is 0 Å². The number of ether oxygens (including phenoxy) is 2. The molecule has 2 rings (SSSR count). The summed E-state index contributed by atoms with van der Waals surface area (Å²) in [5.74, 6) is 2.58. The number of para-hydroxylation sites is 1. The number of nitrogens with zero attached hydrogens (tertiary/aromatic N) is 1. The van der Waals surface area contributed by atoms with Crippen LogP contribution in [0.4, 0.5) is 0 Å². The summed E-state index contributed by atoms with van der Waals surface area (Å²) in [7, 11) is 3.47. The van der Waals surface area contributed by atoms with Crippen molar-refractivity contribution in [2.24, 2.45) is 4.99 Å². The molecule has 0 aliphatic rings. The molecule has 0 aliphatic heterocycles. The Morgan fingerprint density at radius 3 is 2.42 bits per heavy atom. The highest BCUT2D eigenvalue weighted by atomic mass is 127. The summed E-state index contributed by atoms with van der Waals surface area (Å²) in [6, 6.07) is 18.0. The Bertz CT molecular complexity index is 651. The topological polar surface area (TPSA) is 54.9 Å². The molecule has 142 valence electrons. The zero-order valence-corrected chi connectivity index (χ0v) is 17.7. The molecule has 0 saturated carbocycles. The van der Waals surface area contributed by atoms with Crippen LogP contribution in [0.5, 0.6) is 11.5 Å². The SMILES string of the molecule is CN=C(NCCCc1cccc(OC)c1)NCCOc1ccccc1.I. The third-order valence-electron chi connectivity index (χ3n) is 3.70. The Balaban J connectivity index is 0.00000338. The normalized spacial score (nSPS) is 10.6. The van der Waals surface area contributed by atoms with Crippen molar-refractivity contribution in [3.8, 4) is 11.5 Å². The van der Waals surface area contributed by atoms with Crippen LogP contribution in [0, 0.1) is 0 Å². The highest BCUT2D eigenvalue weighted by Crippen LogP contribution is 2.13. The Hall–Kier alpha value is -1.96. The number of methoxy groups -OCH3 is 1. The van der Waals surface area contributed by atoms with E-state index in [9.17, 15) is 0 Å². The molecule has 2 N–H and O–H groups in total. The first-order chi connectivity index (χ1) is 12.3. The molecule has 0 amide bonds. The highest BCUT2D eigenvalue weighted by Gasteiger charge is 1.99. The first kappa shape index (κ1) is 22.1. The number of aryl methyl sites for hydroxylation is 1. The summed E-state index contributed by atoms with van der Waals surface area (Å²) in [5.41, 5.74) is 1.28. The lowest BCUT2D eigenvalue weighted by atomic mass is 10.1. The van der Waals surface area contributed by atoms with Crippen LogP contribution in [0.1, 0.15) is 12.0 Å². The third-order valence-corrected chi connectivity index (χ3v) is 3.70. The summed E-state index contributed by atoms with van der Waals surface area (Å²) < 4.78 is 10.9. The van der Waals surface area contributed by atoms with Crippen LogP contribution >= 0.6 is 24.0 Å². The lowest BCUT2D eigenvalue weighted by Crippen LogP contribution is -2.39. The maximum absolute atomic E-state index is 5.65. The van der Waals surface area contributed by atoms with Crippen LogP contribution in [-0.2, 0) is 6.42 Å². The van der Waals surface area contributed by atoms with Crippen molar-refractivity contribution < 1.29 is 9.47 Å². The number of hydrogen-bond donors (Lipinski definition) is 2. The number of hydrogen-bond acceptors (Lipinski definition) is 3. The predicted molar refractivity (Wildman–Crippen MR) is 118 cm³/mol. The van der Waals surface area contributed by atoms with Gasteiger partial charge >= 0.3 is 0 Å². The molecule has 0 saturated heterocycles. The molecule has 2 aromatic rings. The number of halogens is 1. The maximum atomic E-state index is 5.65. The zero-order valence-electron chi connectivity index (χ0n) is 15.4. The monoisotopic (exact) mass is 469 g/mol. The minimum atomic E-state index is 0. The second kappa shape index (κ2) is 13.3. The van der Waals surface area contributed by atoms with Gasteiger partial charge in [0.2, 0.25) is 0 Å². The molecule has 0 unspecified atom stereocenters. The van der Waals surface area contributed by atoms with Gasteiger partial charge in [0, 0.05) is 13.6 Å². The van der Waals surface area contributed by atoms with Gasteiger partial charge in [-0.15, -0.1) is 24.0 Å². The van der Waals surface area contributed by atoms with Crippen molar-refractivity contribution >= 4 is 29.9 Å². The standard InChI is InChI=1S/C20H27N3O2.HI/c1-21-20(23-14-15-25-18-10-4-3-5-11-18)22-13-7-9-17-8-6-12-19(16-17)24-2;/h3-6,8,10-12,16H,7,9,13-15H2,1-2H3,(H2,21,22,23);1H. The van der Waals surface area contributed by atoms with Crippen molar-refractivity contribution in [1.82, 2.24) is 10.6 Å². The van der Waals surface area contributed by atoms with Crippen molar-refractivity contribution in [2.45, 2.75) is 12.8 Å². The fourth-order valence-corrected chi connectivity index (χ4v) is 2.40. The molecule has 0 fully saturated rings. The van der Waals surface area contributed by atoms with E-state index in [0.29, 0.717) is 13.2 Å². The minimum Gasteiger partial charge on any atom is -0.497 e. The highest BCUT2D eigenvalue weighted by molar-refractivity contribution is 14.0. The number of guanidine groups is 1. The third kappa shape index (κ3) is 8.42. The van der Waals surface area contributed by atoms with Gasteiger partial charge in [-0.3, -0.25) is 4.99 Å². The first-order valence-corrected chi connectivity index (χ1v) is 8.57. The second-order valence-electron chi connectivity index (χ2n) is 5.54. The zero-order chi connectivity index (χ0) is 17.7. The van der Waals surface area contributed by atoms with Gasteiger partial charge in [-0.25, -0.2) is 0 Å². The molecule has 0 aromatic heterocycles. The Labute approximate surface area is 173 Å². The first-order valence-electron chi connectivity index (χ1n) is 8.57. The number of benzene rings is 2. The van der Waals surface area contributed by atoms with Crippen LogP contribution < -0.4 is 20.1 Å². The van der Waals surface area contributed by atoms with Crippen LogP contribution in [0.2, 0.25) is 0 Å². The Morgan fingerprint density at radius 2 is 1.69 bits per heavy atom. The van der Waals surface area contributed by atoms with Crippen molar-refractivity contribution in [2.75, 3.05) is 33.9 Å². The molecule has 0 atom stereocenters. The van der Waals surface area contributed by atoms with E-state index >= 15 is 0 Å². The van der Waals surface area contributed by atoms with E-state index < -0.39 is 0 Å². The lowest BCUT2D eigenvalue weighted by Gasteiger charge is -2.12. The van der Waals surface area contributed by atoms with Crippen molar-refractivity contribution in [1.29, 1.82) is 0 Å². The lowest BCUT2D eigenvalue weighted by molar-refractivity contribution is 0.322. The van der Waals surface area contributed by atoms with Gasteiger partial charge in [0.1, 0.15) is 18.1 Å². The molecule has 0 spiro atoms. The molecular formula is C20H28IN3O2. The molecule has 0 bridgehead atoms. The van der Waals surface area contributed by atoms with E-state index in [1.165, 1.54) is 5.56 Å². The van der Waals surface area contributed by atoms with Crippen LogP contribution in [0.15, 0.2) is 59.6 Å². The van der Waals surface area contributed by atoms with Crippen molar-refractivity contribution in [3.63, 3.8) is 0 Å². The second-order valence-corrected chi connectivity index (χ2v) is 5.54. The maximum Gasteiger partial charge on any atom is 0.191 e. The fourth-order valence-electron chi connectivity index (χ4n) is 2.40. The van der Waals surface area contributed by atoms with E-state index in [1.54, 1.807) is 14.2 Å². The summed E-state index contributed by atoms with van der Waals surface area (Å²) in [4.78, 5) is 4.22. The summed E-state index contributed by atoms with van der Waals surface area (Å²) >= 11 is 0. The predicted octanol–water partition coefficient (Wildman–Crippen LogP) is 3.49. The van der Waals surface area contributed by atoms with Crippen LogP contribution in [-0.4, -0.2) is 39.8 Å². The molecular weight excluding hydrogens is 441 g/mol. The van der Waals surface area contributed by atoms with E-state index in [4.69, 9.17) is 9.47 Å².